The number of nitrogens with zero attached hydrogens (tertiary/aromatic N) is 2. The van der Waals surface area contributed by atoms with Crippen molar-refractivity contribution in [2.75, 3.05) is 19.6 Å². The summed E-state index contributed by atoms with van der Waals surface area (Å²) in [6, 6.07) is 27.7. The Morgan fingerprint density at radius 3 is 2.31 bits per heavy atom. The van der Waals surface area contributed by atoms with Gasteiger partial charge in [0.15, 0.2) is 0 Å². The smallest absolute Gasteiger partial charge is 0.316 e. The maximum atomic E-state index is 13.5. The van der Waals surface area contributed by atoms with E-state index in [1.54, 1.807) is 0 Å². The summed E-state index contributed by atoms with van der Waals surface area (Å²) in [5.41, 5.74) is 3.29. The lowest BCUT2D eigenvalue weighted by molar-refractivity contribution is -0.154. The van der Waals surface area contributed by atoms with Gasteiger partial charge in [-0.15, -0.1) is 0 Å². The highest BCUT2D eigenvalue weighted by atomic mass is 16.5. The Labute approximate surface area is 249 Å². The molecule has 3 aromatic rings. The van der Waals surface area contributed by atoms with Crippen molar-refractivity contribution in [2.45, 2.75) is 65.1 Å². The first-order valence-electron chi connectivity index (χ1n) is 15.2. The molecule has 0 radical (unpaired) electrons. The van der Waals surface area contributed by atoms with Crippen LogP contribution in [0.4, 0.5) is 0 Å². The fourth-order valence-electron chi connectivity index (χ4n) is 6.24. The Hall–Kier alpha value is -3.74. The summed E-state index contributed by atoms with van der Waals surface area (Å²) in [5.74, 6) is 0.684. The molecular weight excluding hydrogens is 524 g/mol. The molecule has 2 aliphatic heterocycles. The van der Waals surface area contributed by atoms with Crippen LogP contribution >= 0.6 is 0 Å². The highest BCUT2D eigenvalue weighted by Gasteiger charge is 2.53. The number of carbonyl (C=O) groups is 1. The molecule has 5 rings (SSSR count). The standard InChI is InChI=1S/C36H42N2O4/c1-3-13-32-34(41-26-28-14-6-4-7-15-28)36(35(39)40,20-23-38-21-10-11-22-38)27(2)33(37-32)25-29-16-12-19-31(24-29)42-30-17-8-5-9-18-30/h4-9,12,14-19,24,34H,3,10-11,13,20-23,25-26H2,1-2H3,(H,39,40). The van der Waals surface area contributed by atoms with Crippen molar-refractivity contribution < 1.29 is 19.4 Å². The summed E-state index contributed by atoms with van der Waals surface area (Å²) in [5, 5.41) is 11.1. The Balaban J connectivity index is 1.50. The molecule has 1 saturated heterocycles. The van der Waals surface area contributed by atoms with Crippen molar-refractivity contribution in [1.82, 2.24) is 4.90 Å². The first kappa shape index (κ1) is 29.7. The van der Waals surface area contributed by atoms with Crippen LogP contribution in [0.1, 0.15) is 57.1 Å². The number of rotatable bonds is 13. The second-order valence-electron chi connectivity index (χ2n) is 11.4. The number of aliphatic carboxylic acids is 1. The van der Waals surface area contributed by atoms with Crippen molar-refractivity contribution in [2.24, 2.45) is 10.4 Å². The molecule has 2 atom stereocenters. The van der Waals surface area contributed by atoms with Crippen LogP contribution in [-0.2, 0) is 22.6 Å². The van der Waals surface area contributed by atoms with Crippen molar-refractivity contribution in [3.63, 3.8) is 0 Å². The van der Waals surface area contributed by atoms with Crippen LogP contribution in [0.5, 0.6) is 11.5 Å². The van der Waals surface area contributed by atoms with Gasteiger partial charge in [0.2, 0.25) is 0 Å². The zero-order chi connectivity index (χ0) is 29.4. The van der Waals surface area contributed by atoms with E-state index < -0.39 is 17.5 Å². The molecule has 0 aromatic heterocycles. The van der Waals surface area contributed by atoms with Gasteiger partial charge in [0.25, 0.3) is 0 Å². The number of allylic oxidation sites excluding steroid dienone is 1. The maximum absolute atomic E-state index is 13.5. The summed E-state index contributed by atoms with van der Waals surface area (Å²) in [6.45, 7) is 7.17. The van der Waals surface area contributed by atoms with Crippen LogP contribution in [0.15, 0.2) is 101 Å². The number of para-hydroxylation sites is 1. The van der Waals surface area contributed by atoms with Gasteiger partial charge in [0.05, 0.1) is 6.61 Å². The van der Waals surface area contributed by atoms with Gasteiger partial charge in [0.1, 0.15) is 23.0 Å². The molecule has 42 heavy (non-hydrogen) atoms. The summed E-state index contributed by atoms with van der Waals surface area (Å²) >= 11 is 0. The van der Waals surface area contributed by atoms with Crippen molar-refractivity contribution in [3.8, 4) is 11.5 Å². The zero-order valence-corrected chi connectivity index (χ0v) is 24.8. The zero-order valence-electron chi connectivity index (χ0n) is 24.8. The summed E-state index contributed by atoms with van der Waals surface area (Å²) < 4.78 is 12.7. The summed E-state index contributed by atoms with van der Waals surface area (Å²) in [4.78, 5) is 21.1. The molecule has 1 fully saturated rings. The third-order valence-electron chi connectivity index (χ3n) is 8.55. The van der Waals surface area contributed by atoms with Crippen molar-refractivity contribution in [1.29, 1.82) is 0 Å². The van der Waals surface area contributed by atoms with Crippen LogP contribution < -0.4 is 4.74 Å². The maximum Gasteiger partial charge on any atom is 0.316 e. The lowest BCUT2D eigenvalue weighted by Gasteiger charge is -2.43. The number of ether oxygens (including phenoxy) is 2. The summed E-state index contributed by atoms with van der Waals surface area (Å²) in [7, 11) is 0. The average molecular weight is 567 g/mol. The minimum absolute atomic E-state index is 0.342. The van der Waals surface area contributed by atoms with Crippen molar-refractivity contribution >= 4 is 11.7 Å². The Kier molecular flexibility index (Phi) is 9.88. The number of hydrogen-bond donors (Lipinski definition) is 1. The monoisotopic (exact) mass is 566 g/mol. The van der Waals surface area contributed by atoms with Crippen LogP contribution in [0.25, 0.3) is 0 Å². The molecule has 0 spiro atoms. The van der Waals surface area contributed by atoms with Gasteiger partial charge in [-0.25, -0.2) is 0 Å². The summed E-state index contributed by atoms with van der Waals surface area (Å²) in [6.07, 6.45) is 4.25. The highest BCUT2D eigenvalue weighted by molar-refractivity contribution is 5.98. The lowest BCUT2D eigenvalue weighted by Crippen LogP contribution is -2.52. The van der Waals surface area contributed by atoms with E-state index in [-0.39, 0.29) is 0 Å². The number of likely N-dealkylation sites (tertiary alicyclic amines) is 1. The molecule has 6 nitrogen and oxygen atoms in total. The molecule has 220 valence electrons. The molecule has 3 aromatic carbocycles. The quantitative estimate of drug-likeness (QED) is 0.230. The minimum Gasteiger partial charge on any atom is -0.480 e. The van der Waals surface area contributed by atoms with E-state index in [0.717, 1.165) is 78.5 Å². The second-order valence-corrected chi connectivity index (χ2v) is 11.4. The third-order valence-corrected chi connectivity index (χ3v) is 8.55. The Bertz CT molecular complexity index is 1400. The van der Waals surface area contributed by atoms with Gasteiger partial charge >= 0.3 is 5.97 Å². The minimum atomic E-state index is -1.20. The van der Waals surface area contributed by atoms with E-state index in [4.69, 9.17) is 14.5 Å². The van der Waals surface area contributed by atoms with E-state index in [1.165, 1.54) is 0 Å². The molecule has 0 amide bonds. The molecule has 0 saturated carbocycles. The number of benzene rings is 3. The molecular formula is C36H42N2O4. The average Bonchev–Trinajstić information content (AvgIpc) is 3.52. The predicted octanol–water partition coefficient (Wildman–Crippen LogP) is 7.69. The van der Waals surface area contributed by atoms with Crippen LogP contribution in [-0.4, -0.2) is 47.4 Å². The topological polar surface area (TPSA) is 71.4 Å². The predicted molar refractivity (Wildman–Crippen MR) is 167 cm³/mol. The van der Waals surface area contributed by atoms with E-state index in [1.807, 2.05) is 85.8 Å². The number of aliphatic imine (C=N–C) groups is 1. The number of hydrogen-bond acceptors (Lipinski definition) is 5. The molecule has 1 N–H and O–H groups in total. The van der Waals surface area contributed by atoms with Crippen LogP contribution in [0.2, 0.25) is 0 Å². The van der Waals surface area contributed by atoms with Gasteiger partial charge in [-0.1, -0.05) is 74.0 Å². The fraction of sp³-hybridized carbons (Fsp3) is 0.389. The van der Waals surface area contributed by atoms with Crippen molar-refractivity contribution in [3.05, 3.63) is 107 Å². The molecule has 2 heterocycles. The molecule has 0 aliphatic carbocycles. The van der Waals surface area contributed by atoms with Crippen LogP contribution in [0.3, 0.4) is 0 Å². The van der Waals surface area contributed by atoms with E-state index in [0.29, 0.717) is 25.9 Å². The SMILES string of the molecule is CCCC1=NC(Cc2cccc(Oc3ccccc3)c2)=C(C)C(CCN2CCCC2)(C(=O)O)C1OCc1ccccc1. The number of carboxylic acid groups (broad SMARTS) is 1. The lowest BCUT2D eigenvalue weighted by atomic mass is 9.68. The third kappa shape index (κ3) is 6.83. The van der Waals surface area contributed by atoms with Gasteiger partial charge in [-0.2, -0.15) is 0 Å². The van der Waals surface area contributed by atoms with E-state index in [2.05, 4.69) is 17.9 Å². The fourth-order valence-corrected chi connectivity index (χ4v) is 6.24. The van der Waals surface area contributed by atoms with E-state index in [9.17, 15) is 9.90 Å². The first-order valence-corrected chi connectivity index (χ1v) is 15.2. The Morgan fingerprint density at radius 2 is 1.62 bits per heavy atom. The van der Waals surface area contributed by atoms with Crippen LogP contribution in [0, 0.1) is 5.41 Å². The molecule has 2 aliphatic rings. The van der Waals surface area contributed by atoms with Gasteiger partial charge < -0.3 is 19.5 Å². The second kappa shape index (κ2) is 14.0. The first-order chi connectivity index (χ1) is 20.5. The van der Waals surface area contributed by atoms with E-state index >= 15 is 0 Å². The molecule has 6 heteroatoms. The number of carboxylic acids is 1. The normalized spacial score (nSPS) is 20.9. The molecule has 2 unspecified atom stereocenters. The van der Waals surface area contributed by atoms with Gasteiger partial charge in [-0.3, -0.25) is 9.79 Å². The highest BCUT2D eigenvalue weighted by Crippen LogP contribution is 2.45. The van der Waals surface area contributed by atoms with Gasteiger partial charge in [0, 0.05) is 17.8 Å². The van der Waals surface area contributed by atoms with Gasteiger partial charge in [-0.05, 0) is 93.2 Å². The Morgan fingerprint density at radius 1 is 0.952 bits per heavy atom. The largest absolute Gasteiger partial charge is 0.480 e. The molecule has 0 bridgehead atoms.